The van der Waals surface area contributed by atoms with Crippen LogP contribution >= 0.6 is 11.3 Å². The first-order valence-electron chi connectivity index (χ1n) is 9.30. The van der Waals surface area contributed by atoms with Crippen LogP contribution in [0.3, 0.4) is 0 Å². The van der Waals surface area contributed by atoms with Gasteiger partial charge in [0, 0.05) is 11.3 Å². The molecule has 1 heterocycles. The largest absolute Gasteiger partial charge is 0.522 e. The molecule has 170 valence electrons. The molecule has 0 saturated carbocycles. The van der Waals surface area contributed by atoms with Crippen molar-refractivity contribution in [2.75, 3.05) is 0 Å². The van der Waals surface area contributed by atoms with Gasteiger partial charge in [0.1, 0.15) is 5.75 Å². The molecule has 0 fully saturated rings. The summed E-state index contributed by atoms with van der Waals surface area (Å²) in [5, 5.41) is 11.6. The number of phenols is 1. The number of benzene rings is 2. The Hall–Kier alpha value is -2.88. The summed E-state index contributed by atoms with van der Waals surface area (Å²) in [6, 6.07) is 28.5. The molecule has 3 aromatic rings. The molecular weight excluding hydrogens is 461 g/mol. The van der Waals surface area contributed by atoms with E-state index in [0.29, 0.717) is 5.75 Å². The van der Waals surface area contributed by atoms with Crippen LogP contribution < -0.4 is 0 Å². The molecule has 0 spiro atoms. The van der Waals surface area contributed by atoms with Gasteiger partial charge in [-0.1, -0.05) is 72.8 Å². The lowest BCUT2D eigenvalue weighted by Gasteiger charge is -2.08. The zero-order valence-corrected chi connectivity index (χ0v) is 18.4. The second-order valence-electron chi connectivity index (χ2n) is 6.57. The predicted molar refractivity (Wildman–Crippen MR) is 120 cm³/mol. The van der Waals surface area contributed by atoms with E-state index in [1.165, 1.54) is 21.6 Å². The molecule has 0 aliphatic heterocycles. The molecular formula is C23H21F3O4S2. The van der Waals surface area contributed by atoms with Crippen molar-refractivity contribution >= 4 is 21.5 Å². The lowest BCUT2D eigenvalue weighted by Crippen LogP contribution is -2.21. The quantitative estimate of drug-likeness (QED) is 0.345. The van der Waals surface area contributed by atoms with Gasteiger partial charge >= 0.3 is 15.6 Å². The Morgan fingerprint density at radius 2 is 1.25 bits per heavy atom. The highest BCUT2D eigenvalue weighted by Gasteiger charge is 2.44. The Bertz CT molecular complexity index is 1140. The van der Waals surface area contributed by atoms with Crippen LogP contribution in [0.4, 0.5) is 13.2 Å². The minimum Gasteiger partial charge on any atom is -0.508 e. The van der Waals surface area contributed by atoms with Crippen molar-refractivity contribution in [1.29, 1.82) is 0 Å². The van der Waals surface area contributed by atoms with Gasteiger partial charge in [0.15, 0.2) is 0 Å². The first-order valence-corrected chi connectivity index (χ1v) is 11.6. The molecule has 2 aromatic carbocycles. The van der Waals surface area contributed by atoms with Crippen LogP contribution in [0, 0.1) is 0 Å². The lowest BCUT2D eigenvalue weighted by molar-refractivity contribution is -0.0510. The van der Waals surface area contributed by atoms with E-state index in [0.717, 1.165) is 12.8 Å². The topological polar surface area (TPSA) is 74.6 Å². The molecule has 0 radical (unpaired) electrons. The maximum absolute atomic E-state index is 10.7. The van der Waals surface area contributed by atoms with E-state index in [1.807, 2.05) is 18.2 Å². The first kappa shape index (κ1) is 25.4. The third kappa shape index (κ3) is 8.70. The standard InChI is InChI=1S/C22H20OS.CHF3O3S/c23-21-13-11-19(12-14-21)17-22-20(10-6-1-2-7-15-24-22)16-18-8-4-3-5-9-18;2-1(3,4)8(5,6)7/h1-15,23H,16-17H2;(H,5,6,7). The van der Waals surface area contributed by atoms with Crippen LogP contribution in [0.15, 0.2) is 90.3 Å². The van der Waals surface area contributed by atoms with Gasteiger partial charge in [-0.05, 0) is 40.6 Å². The van der Waals surface area contributed by atoms with Crippen LogP contribution in [-0.2, 0) is 23.0 Å². The average molecular weight is 483 g/mol. The van der Waals surface area contributed by atoms with E-state index < -0.39 is 15.6 Å². The zero-order chi connectivity index (χ0) is 23.6. The number of phenolic OH excluding ortho intramolecular Hbond substituents is 1. The molecule has 32 heavy (non-hydrogen) atoms. The summed E-state index contributed by atoms with van der Waals surface area (Å²) in [6.07, 6.45) is 1.78. The maximum atomic E-state index is 10.7. The first-order chi connectivity index (χ1) is 15.1. The summed E-state index contributed by atoms with van der Waals surface area (Å²) in [5.74, 6) is 0.309. The fourth-order valence-electron chi connectivity index (χ4n) is 2.56. The van der Waals surface area contributed by atoms with Crippen molar-refractivity contribution in [3.63, 3.8) is 0 Å². The van der Waals surface area contributed by atoms with Crippen molar-refractivity contribution in [2.24, 2.45) is 0 Å². The summed E-state index contributed by atoms with van der Waals surface area (Å²) in [5.41, 5.74) is -1.69. The van der Waals surface area contributed by atoms with Crippen LogP contribution in [0.1, 0.15) is 21.6 Å². The van der Waals surface area contributed by atoms with E-state index >= 15 is 0 Å². The number of alkyl halides is 3. The van der Waals surface area contributed by atoms with Gasteiger partial charge in [-0.3, -0.25) is 4.55 Å². The van der Waals surface area contributed by atoms with Crippen LogP contribution in [0.5, 0.6) is 5.75 Å². The average Bonchev–Trinajstić information content (AvgIpc) is 2.82. The van der Waals surface area contributed by atoms with Crippen molar-refractivity contribution in [1.82, 2.24) is 0 Å². The number of rotatable bonds is 4. The lowest BCUT2D eigenvalue weighted by atomic mass is 10.0. The number of hydrogen-bond donors (Lipinski definition) is 2. The molecule has 4 nitrogen and oxygen atoms in total. The van der Waals surface area contributed by atoms with E-state index in [9.17, 15) is 18.3 Å². The SMILES string of the molecule is O=S(=O)(O)C(F)(F)F.Oc1ccc(Cc2sccccccc2Cc2ccccc2)cc1. The Kier molecular flexibility index (Phi) is 9.25. The molecule has 0 aliphatic carbocycles. The fourth-order valence-corrected chi connectivity index (χ4v) is 3.44. The Morgan fingerprint density at radius 3 is 1.84 bits per heavy atom. The second kappa shape index (κ2) is 11.7. The Labute approximate surface area is 188 Å². The summed E-state index contributed by atoms with van der Waals surface area (Å²) < 4.78 is 57.5. The van der Waals surface area contributed by atoms with Crippen molar-refractivity contribution in [3.05, 3.63) is 112 Å². The van der Waals surface area contributed by atoms with Crippen molar-refractivity contribution < 1.29 is 31.2 Å². The number of hydrogen-bond acceptors (Lipinski definition) is 4. The van der Waals surface area contributed by atoms with Gasteiger partial charge < -0.3 is 5.11 Å². The highest BCUT2D eigenvalue weighted by Crippen LogP contribution is 2.22. The molecule has 0 aliphatic rings. The van der Waals surface area contributed by atoms with E-state index in [-0.39, 0.29) is 0 Å². The molecule has 2 N–H and O–H groups in total. The monoisotopic (exact) mass is 482 g/mol. The predicted octanol–water partition coefficient (Wildman–Crippen LogP) is 6.15. The van der Waals surface area contributed by atoms with Crippen LogP contribution in [0.25, 0.3) is 0 Å². The molecule has 0 saturated heterocycles. The summed E-state index contributed by atoms with van der Waals surface area (Å²) in [7, 11) is -5.84. The van der Waals surface area contributed by atoms with E-state index in [1.54, 1.807) is 23.5 Å². The van der Waals surface area contributed by atoms with Crippen molar-refractivity contribution in [2.45, 2.75) is 18.3 Å². The van der Waals surface area contributed by atoms with Crippen LogP contribution in [-0.4, -0.2) is 23.6 Å². The molecule has 0 atom stereocenters. The highest BCUT2D eigenvalue weighted by atomic mass is 32.2. The minimum absolute atomic E-state index is 0.309. The number of aromatic hydroxyl groups is 1. The summed E-state index contributed by atoms with van der Waals surface area (Å²) in [6.45, 7) is 0. The Morgan fingerprint density at radius 1 is 0.750 bits per heavy atom. The van der Waals surface area contributed by atoms with Gasteiger partial charge in [0.2, 0.25) is 0 Å². The normalized spacial score (nSPS) is 11.1. The second-order valence-corrected chi connectivity index (χ2v) is 8.98. The Balaban J connectivity index is 0.000000390. The van der Waals surface area contributed by atoms with Gasteiger partial charge in [-0.15, -0.1) is 11.3 Å². The molecule has 1 aromatic heterocycles. The maximum Gasteiger partial charge on any atom is 0.522 e. The minimum atomic E-state index is -5.84. The molecule has 0 bridgehead atoms. The molecule has 0 amide bonds. The molecule has 0 unspecified atom stereocenters. The smallest absolute Gasteiger partial charge is 0.508 e. The van der Waals surface area contributed by atoms with Gasteiger partial charge in [0.25, 0.3) is 0 Å². The molecule has 3 rings (SSSR count). The van der Waals surface area contributed by atoms with Gasteiger partial charge in [-0.25, -0.2) is 0 Å². The third-order valence-electron chi connectivity index (χ3n) is 4.11. The van der Waals surface area contributed by atoms with E-state index in [4.69, 9.17) is 13.0 Å². The summed E-state index contributed by atoms with van der Waals surface area (Å²) in [4.78, 5) is 1.33. The van der Waals surface area contributed by atoms with E-state index in [2.05, 4.69) is 60.0 Å². The van der Waals surface area contributed by atoms with Crippen molar-refractivity contribution in [3.8, 4) is 5.75 Å². The third-order valence-corrected chi connectivity index (χ3v) is 5.68. The number of halogens is 3. The fraction of sp³-hybridized carbons (Fsp3) is 0.130. The van der Waals surface area contributed by atoms with Gasteiger partial charge in [-0.2, -0.15) is 21.6 Å². The van der Waals surface area contributed by atoms with Crippen LogP contribution in [0.2, 0.25) is 0 Å². The van der Waals surface area contributed by atoms with Gasteiger partial charge in [0.05, 0.1) is 0 Å². The highest BCUT2D eigenvalue weighted by molar-refractivity contribution is 7.86. The zero-order valence-electron chi connectivity index (χ0n) is 16.7. The summed E-state index contributed by atoms with van der Waals surface area (Å²) >= 11 is 1.77. The molecule has 9 heteroatoms.